The van der Waals surface area contributed by atoms with E-state index in [9.17, 15) is 9.59 Å². The number of primary amides is 1. The number of amides is 2. The lowest BCUT2D eigenvalue weighted by Crippen LogP contribution is -2.29. The average molecular weight is 297 g/mol. The van der Waals surface area contributed by atoms with Crippen molar-refractivity contribution < 1.29 is 9.59 Å². The van der Waals surface area contributed by atoms with Crippen molar-refractivity contribution in [3.63, 3.8) is 0 Å². The first-order valence-electron chi connectivity index (χ1n) is 7.02. The summed E-state index contributed by atoms with van der Waals surface area (Å²) in [6.45, 7) is 0.537. The molecule has 4 N–H and O–H groups in total. The number of nitrogens with one attached hydrogen (secondary N) is 2. The highest BCUT2D eigenvalue weighted by Crippen LogP contribution is 2.18. The van der Waals surface area contributed by atoms with E-state index in [1.54, 1.807) is 24.3 Å². The zero-order valence-corrected chi connectivity index (χ0v) is 12.4. The number of likely N-dealkylation sites (N-methyl/N-ethyl adjacent to an activating group) is 1. The fourth-order valence-electron chi connectivity index (χ4n) is 2.20. The van der Waals surface area contributed by atoms with E-state index in [2.05, 4.69) is 10.6 Å². The predicted molar refractivity (Wildman–Crippen MR) is 86.7 cm³/mol. The van der Waals surface area contributed by atoms with Crippen LogP contribution in [-0.2, 0) is 4.79 Å². The summed E-state index contributed by atoms with van der Waals surface area (Å²) >= 11 is 0. The third-order valence-corrected chi connectivity index (χ3v) is 3.36. The Balaban J connectivity index is 2.12. The van der Waals surface area contributed by atoms with Crippen LogP contribution in [0.1, 0.15) is 21.8 Å². The number of hydrogen-bond donors (Lipinski definition) is 3. The molecule has 0 aromatic heterocycles. The van der Waals surface area contributed by atoms with Crippen molar-refractivity contribution in [1.82, 2.24) is 5.32 Å². The van der Waals surface area contributed by atoms with Gasteiger partial charge >= 0.3 is 0 Å². The summed E-state index contributed by atoms with van der Waals surface area (Å²) in [6, 6.07) is 16.1. The van der Waals surface area contributed by atoms with Crippen LogP contribution in [-0.4, -0.2) is 25.4 Å². The zero-order chi connectivity index (χ0) is 15.9. The fraction of sp³-hybridized carbons (Fsp3) is 0.176. The van der Waals surface area contributed by atoms with Crippen LogP contribution in [0.15, 0.2) is 54.6 Å². The zero-order valence-electron chi connectivity index (χ0n) is 12.4. The predicted octanol–water partition coefficient (Wildman–Crippen LogP) is 1.73. The molecule has 0 spiro atoms. The maximum absolute atomic E-state index is 12.5. The number of rotatable bonds is 6. The maximum Gasteiger partial charge on any atom is 0.248 e. The molecule has 5 nitrogen and oxygen atoms in total. The summed E-state index contributed by atoms with van der Waals surface area (Å²) in [5.74, 6) is -0.885. The molecule has 0 bridgehead atoms. The number of nitrogens with two attached hydrogens (primary N) is 1. The summed E-state index contributed by atoms with van der Waals surface area (Å²) in [6.07, 6.45) is 0. The molecule has 2 aromatic rings. The fourth-order valence-corrected chi connectivity index (χ4v) is 2.20. The SMILES string of the molecule is CNCC(C(=O)Nc1ccc(C(N)=O)cc1)c1ccccc1. The van der Waals surface area contributed by atoms with Crippen molar-refractivity contribution in [2.24, 2.45) is 5.73 Å². The van der Waals surface area contributed by atoms with Crippen LogP contribution in [0.4, 0.5) is 5.69 Å². The average Bonchev–Trinajstić information content (AvgIpc) is 2.53. The second-order valence-electron chi connectivity index (χ2n) is 4.95. The molecule has 0 fully saturated rings. The molecule has 0 aliphatic heterocycles. The van der Waals surface area contributed by atoms with Crippen molar-refractivity contribution in [1.29, 1.82) is 0 Å². The molecule has 1 atom stereocenters. The van der Waals surface area contributed by atoms with E-state index in [1.807, 2.05) is 37.4 Å². The van der Waals surface area contributed by atoms with Gasteiger partial charge in [0.25, 0.3) is 0 Å². The van der Waals surface area contributed by atoms with Gasteiger partial charge < -0.3 is 16.4 Å². The molecular formula is C17H19N3O2. The molecule has 2 amide bonds. The van der Waals surface area contributed by atoms with Crippen LogP contribution >= 0.6 is 0 Å². The van der Waals surface area contributed by atoms with E-state index in [4.69, 9.17) is 5.73 Å². The third kappa shape index (κ3) is 3.93. The van der Waals surface area contributed by atoms with Crippen LogP contribution in [0.25, 0.3) is 0 Å². The minimum Gasteiger partial charge on any atom is -0.366 e. The Morgan fingerprint density at radius 2 is 1.68 bits per heavy atom. The van der Waals surface area contributed by atoms with Gasteiger partial charge in [0.1, 0.15) is 0 Å². The van der Waals surface area contributed by atoms with Gasteiger partial charge in [0.15, 0.2) is 0 Å². The number of carbonyl (C=O) groups is 2. The van der Waals surface area contributed by atoms with Gasteiger partial charge in [-0.1, -0.05) is 30.3 Å². The second kappa shape index (κ2) is 7.38. The minimum atomic E-state index is -0.491. The standard InChI is InChI=1S/C17H19N3O2/c1-19-11-15(12-5-3-2-4-6-12)17(22)20-14-9-7-13(8-10-14)16(18)21/h2-10,15,19H,11H2,1H3,(H2,18,21)(H,20,22). The van der Waals surface area contributed by atoms with E-state index in [-0.39, 0.29) is 11.8 Å². The van der Waals surface area contributed by atoms with E-state index in [0.717, 1.165) is 5.56 Å². The Morgan fingerprint density at radius 1 is 1.05 bits per heavy atom. The lowest BCUT2D eigenvalue weighted by molar-refractivity contribution is -0.117. The molecule has 1 unspecified atom stereocenters. The number of hydrogen-bond acceptors (Lipinski definition) is 3. The Kier molecular flexibility index (Phi) is 5.27. The van der Waals surface area contributed by atoms with Gasteiger partial charge in [0.2, 0.25) is 11.8 Å². The van der Waals surface area contributed by atoms with Gasteiger partial charge in [-0.2, -0.15) is 0 Å². The molecule has 2 rings (SSSR count). The minimum absolute atomic E-state index is 0.104. The lowest BCUT2D eigenvalue weighted by atomic mass is 9.98. The maximum atomic E-state index is 12.5. The second-order valence-corrected chi connectivity index (χ2v) is 4.95. The summed E-state index contributed by atoms with van der Waals surface area (Å²) < 4.78 is 0. The van der Waals surface area contributed by atoms with E-state index in [1.165, 1.54) is 0 Å². The first-order chi connectivity index (χ1) is 10.6. The lowest BCUT2D eigenvalue weighted by Gasteiger charge is -2.17. The Labute approximate surface area is 129 Å². The number of carbonyl (C=O) groups excluding carboxylic acids is 2. The molecule has 0 saturated heterocycles. The van der Waals surface area contributed by atoms with Gasteiger partial charge in [0, 0.05) is 17.8 Å². The molecule has 0 radical (unpaired) electrons. The van der Waals surface area contributed by atoms with Crippen molar-refractivity contribution in [2.45, 2.75) is 5.92 Å². The van der Waals surface area contributed by atoms with E-state index < -0.39 is 5.91 Å². The summed E-state index contributed by atoms with van der Waals surface area (Å²) in [5.41, 5.74) is 7.18. The molecule has 0 heterocycles. The van der Waals surface area contributed by atoms with Crippen LogP contribution in [0.2, 0.25) is 0 Å². The normalized spacial score (nSPS) is 11.7. The molecular weight excluding hydrogens is 278 g/mol. The largest absolute Gasteiger partial charge is 0.366 e. The quantitative estimate of drug-likeness (QED) is 0.759. The van der Waals surface area contributed by atoms with Gasteiger partial charge in [0.05, 0.1) is 5.92 Å². The molecule has 0 saturated carbocycles. The molecule has 114 valence electrons. The van der Waals surface area contributed by atoms with Gasteiger partial charge in [-0.25, -0.2) is 0 Å². The van der Waals surface area contributed by atoms with Crippen molar-refractivity contribution in [2.75, 3.05) is 18.9 Å². The molecule has 2 aromatic carbocycles. The summed E-state index contributed by atoms with van der Waals surface area (Å²) in [4.78, 5) is 23.5. The van der Waals surface area contributed by atoms with Crippen LogP contribution in [0, 0.1) is 0 Å². The molecule has 5 heteroatoms. The molecule has 0 aliphatic rings. The highest BCUT2D eigenvalue weighted by atomic mass is 16.2. The summed E-state index contributed by atoms with van der Waals surface area (Å²) in [7, 11) is 1.81. The van der Waals surface area contributed by atoms with Gasteiger partial charge in [-0.15, -0.1) is 0 Å². The van der Waals surface area contributed by atoms with Crippen molar-refractivity contribution in [3.05, 3.63) is 65.7 Å². The van der Waals surface area contributed by atoms with Gasteiger partial charge in [-0.05, 0) is 36.9 Å². The van der Waals surface area contributed by atoms with Crippen LogP contribution < -0.4 is 16.4 Å². The Morgan fingerprint density at radius 3 is 2.23 bits per heavy atom. The topological polar surface area (TPSA) is 84.2 Å². The van der Waals surface area contributed by atoms with E-state index >= 15 is 0 Å². The van der Waals surface area contributed by atoms with Crippen molar-refractivity contribution in [3.8, 4) is 0 Å². The first kappa shape index (κ1) is 15.7. The Bertz CT molecular complexity index is 639. The monoisotopic (exact) mass is 297 g/mol. The smallest absolute Gasteiger partial charge is 0.248 e. The van der Waals surface area contributed by atoms with E-state index in [0.29, 0.717) is 17.8 Å². The summed E-state index contributed by atoms with van der Waals surface area (Å²) in [5, 5.41) is 5.90. The highest BCUT2D eigenvalue weighted by Gasteiger charge is 2.19. The first-order valence-corrected chi connectivity index (χ1v) is 7.02. The van der Waals surface area contributed by atoms with Crippen LogP contribution in [0.3, 0.4) is 0 Å². The molecule has 22 heavy (non-hydrogen) atoms. The van der Waals surface area contributed by atoms with Gasteiger partial charge in [-0.3, -0.25) is 9.59 Å². The molecule has 0 aliphatic carbocycles. The van der Waals surface area contributed by atoms with Crippen LogP contribution in [0.5, 0.6) is 0 Å². The highest BCUT2D eigenvalue weighted by molar-refractivity contribution is 5.97. The Hall–Kier alpha value is -2.66. The number of anilines is 1. The number of benzene rings is 2. The third-order valence-electron chi connectivity index (χ3n) is 3.36. The van der Waals surface area contributed by atoms with Crippen molar-refractivity contribution >= 4 is 17.5 Å².